The number of hydrogen-bond donors (Lipinski definition) is 1. The number of benzene rings is 1. The molecule has 0 radical (unpaired) electrons. The summed E-state index contributed by atoms with van der Waals surface area (Å²) >= 11 is 0. The van der Waals surface area contributed by atoms with Crippen molar-refractivity contribution in [2.45, 2.75) is 19.3 Å². The molecule has 0 spiro atoms. The molecule has 1 heterocycles. The van der Waals surface area contributed by atoms with Crippen LogP contribution in [0.2, 0.25) is 0 Å². The highest BCUT2D eigenvalue weighted by molar-refractivity contribution is 5.24. The van der Waals surface area contributed by atoms with Crippen LogP contribution in [-0.4, -0.2) is 26.7 Å². The molecule has 0 atom stereocenters. The Morgan fingerprint density at radius 3 is 2.58 bits per heavy atom. The second-order valence-electron chi connectivity index (χ2n) is 4.84. The van der Waals surface area contributed by atoms with Crippen LogP contribution in [0, 0.1) is 5.82 Å². The van der Waals surface area contributed by atoms with E-state index >= 15 is 0 Å². The van der Waals surface area contributed by atoms with E-state index in [2.05, 4.69) is 15.1 Å². The highest BCUT2D eigenvalue weighted by atomic mass is 19.1. The van der Waals surface area contributed by atoms with E-state index < -0.39 is 0 Å². The summed E-state index contributed by atoms with van der Waals surface area (Å²) in [4.78, 5) is 8.76. The topological polar surface area (TPSA) is 63.3 Å². The van der Waals surface area contributed by atoms with E-state index in [9.17, 15) is 9.60 Å². The summed E-state index contributed by atoms with van der Waals surface area (Å²) in [5, 5.41) is 13.0. The van der Waals surface area contributed by atoms with Gasteiger partial charge in [0.2, 0.25) is 0 Å². The molecule has 1 aromatic heterocycles. The Morgan fingerprint density at radius 1 is 1.26 bits per heavy atom. The predicted molar refractivity (Wildman–Crippen MR) is 67.1 cm³/mol. The molecule has 5 nitrogen and oxygen atoms in total. The van der Waals surface area contributed by atoms with Gasteiger partial charge < -0.3 is 5.21 Å². The molecule has 1 N–H and O–H groups in total. The first-order valence-electron chi connectivity index (χ1n) is 5.85. The van der Waals surface area contributed by atoms with Gasteiger partial charge >= 0.3 is 0 Å². The average molecular weight is 262 g/mol. The van der Waals surface area contributed by atoms with E-state index in [4.69, 9.17) is 0 Å². The number of halogens is 1. The van der Waals surface area contributed by atoms with E-state index in [-0.39, 0.29) is 16.9 Å². The molecule has 6 heteroatoms. The molecule has 1 aromatic carbocycles. The molecule has 0 amide bonds. The summed E-state index contributed by atoms with van der Waals surface area (Å²) in [6.45, 7) is 4.38. The maximum atomic E-state index is 12.9. The number of hydrogen-bond acceptors (Lipinski definition) is 4. The second-order valence-corrected chi connectivity index (χ2v) is 4.84. The van der Waals surface area contributed by atoms with Crippen LogP contribution in [0.15, 0.2) is 41.7 Å². The van der Waals surface area contributed by atoms with Gasteiger partial charge in [0.1, 0.15) is 5.82 Å². The van der Waals surface area contributed by atoms with E-state index in [0.717, 1.165) is 5.56 Å². The van der Waals surface area contributed by atoms with Crippen molar-refractivity contribution in [2.24, 2.45) is 4.99 Å². The van der Waals surface area contributed by atoms with Crippen molar-refractivity contribution < 1.29 is 9.60 Å². The fourth-order valence-electron chi connectivity index (χ4n) is 1.66. The van der Waals surface area contributed by atoms with Gasteiger partial charge in [0.25, 0.3) is 5.62 Å². The summed E-state index contributed by atoms with van der Waals surface area (Å²) in [7, 11) is 0. The lowest BCUT2D eigenvalue weighted by molar-refractivity contribution is 0.125. The Hall–Kier alpha value is -2.24. The SMILES string of the molecule is CC(C)(CN=c1nccnn1O)c1ccc(F)cc1. The largest absolute Gasteiger partial charge is 0.409 e. The quantitative estimate of drug-likeness (QED) is 0.853. The molecule has 0 saturated carbocycles. The third-order valence-corrected chi connectivity index (χ3v) is 2.85. The van der Waals surface area contributed by atoms with Gasteiger partial charge in [0, 0.05) is 5.41 Å². The molecule has 0 saturated heterocycles. The Labute approximate surface area is 110 Å². The zero-order valence-electron chi connectivity index (χ0n) is 10.8. The van der Waals surface area contributed by atoms with Crippen LogP contribution in [0.3, 0.4) is 0 Å². The van der Waals surface area contributed by atoms with Gasteiger partial charge in [-0.2, -0.15) is 0 Å². The van der Waals surface area contributed by atoms with Crippen LogP contribution in [-0.2, 0) is 5.41 Å². The Morgan fingerprint density at radius 2 is 1.95 bits per heavy atom. The first-order valence-corrected chi connectivity index (χ1v) is 5.85. The lowest BCUT2D eigenvalue weighted by Crippen LogP contribution is -2.28. The van der Waals surface area contributed by atoms with E-state index in [1.54, 1.807) is 12.1 Å². The molecule has 0 aliphatic rings. The summed E-state index contributed by atoms with van der Waals surface area (Å²) < 4.78 is 12.9. The highest BCUT2D eigenvalue weighted by Gasteiger charge is 2.20. The molecule has 0 aliphatic heterocycles. The van der Waals surface area contributed by atoms with Gasteiger partial charge in [-0.05, 0) is 17.7 Å². The van der Waals surface area contributed by atoms with E-state index in [0.29, 0.717) is 11.4 Å². The predicted octanol–water partition coefficient (Wildman–Crippen LogP) is 1.53. The molecule has 0 fully saturated rings. The van der Waals surface area contributed by atoms with Crippen molar-refractivity contribution in [3.05, 3.63) is 53.7 Å². The van der Waals surface area contributed by atoms with Crippen LogP contribution < -0.4 is 5.62 Å². The van der Waals surface area contributed by atoms with E-state index in [1.807, 2.05) is 13.8 Å². The van der Waals surface area contributed by atoms with Crippen molar-refractivity contribution in [3.8, 4) is 0 Å². The summed E-state index contributed by atoms with van der Waals surface area (Å²) in [5.74, 6) is -0.265. The standard InChI is InChI=1S/C13H15FN4O/c1-13(2,10-3-5-11(14)6-4-10)9-16-12-15-7-8-17-18(12)19/h3-8,19H,9H2,1-2H3. The molecule has 2 aromatic rings. The fourth-order valence-corrected chi connectivity index (χ4v) is 1.66. The Bertz CT molecular complexity index is 619. The molecule has 0 bridgehead atoms. The minimum Gasteiger partial charge on any atom is -0.409 e. The fraction of sp³-hybridized carbons (Fsp3) is 0.308. The first kappa shape index (κ1) is 13.2. The van der Waals surface area contributed by atoms with Crippen molar-refractivity contribution in [3.63, 3.8) is 0 Å². The Balaban J connectivity index is 2.25. The average Bonchev–Trinajstić information content (AvgIpc) is 2.38. The summed E-state index contributed by atoms with van der Waals surface area (Å²) in [6.07, 6.45) is 2.82. The van der Waals surface area contributed by atoms with Crippen molar-refractivity contribution >= 4 is 0 Å². The molecular formula is C13H15FN4O. The van der Waals surface area contributed by atoms with Gasteiger partial charge in [0.05, 0.1) is 18.9 Å². The molecular weight excluding hydrogens is 247 g/mol. The lowest BCUT2D eigenvalue weighted by Gasteiger charge is -2.22. The number of nitrogens with zero attached hydrogens (tertiary/aromatic N) is 4. The van der Waals surface area contributed by atoms with Gasteiger partial charge in [0.15, 0.2) is 0 Å². The molecule has 19 heavy (non-hydrogen) atoms. The second kappa shape index (κ2) is 5.17. The van der Waals surface area contributed by atoms with E-state index in [1.165, 1.54) is 24.5 Å². The van der Waals surface area contributed by atoms with Crippen molar-refractivity contribution in [2.75, 3.05) is 6.54 Å². The third kappa shape index (κ3) is 3.15. The summed E-state index contributed by atoms with van der Waals surface area (Å²) in [5.41, 5.74) is 0.807. The maximum Gasteiger partial charge on any atom is 0.279 e. The number of aromatic nitrogens is 3. The molecule has 0 unspecified atom stereocenters. The van der Waals surface area contributed by atoms with Crippen LogP contribution in [0.4, 0.5) is 4.39 Å². The molecule has 100 valence electrons. The smallest absolute Gasteiger partial charge is 0.279 e. The van der Waals surface area contributed by atoms with Crippen LogP contribution >= 0.6 is 0 Å². The maximum absolute atomic E-state index is 12.9. The van der Waals surface area contributed by atoms with Crippen LogP contribution in [0.5, 0.6) is 0 Å². The Kier molecular flexibility index (Phi) is 3.59. The van der Waals surface area contributed by atoms with Crippen LogP contribution in [0.1, 0.15) is 19.4 Å². The van der Waals surface area contributed by atoms with Gasteiger partial charge in [-0.15, -0.1) is 5.10 Å². The lowest BCUT2D eigenvalue weighted by atomic mass is 9.85. The minimum atomic E-state index is -0.293. The zero-order valence-corrected chi connectivity index (χ0v) is 10.8. The summed E-state index contributed by atoms with van der Waals surface area (Å²) in [6, 6.07) is 6.31. The zero-order chi connectivity index (χ0) is 13.9. The monoisotopic (exact) mass is 262 g/mol. The third-order valence-electron chi connectivity index (χ3n) is 2.85. The minimum absolute atomic E-state index is 0.137. The van der Waals surface area contributed by atoms with Crippen LogP contribution in [0.25, 0.3) is 0 Å². The van der Waals surface area contributed by atoms with Gasteiger partial charge in [-0.1, -0.05) is 30.8 Å². The van der Waals surface area contributed by atoms with Gasteiger partial charge in [-0.25, -0.2) is 14.4 Å². The number of rotatable bonds is 3. The van der Waals surface area contributed by atoms with Crippen molar-refractivity contribution in [1.82, 2.24) is 14.9 Å². The highest BCUT2D eigenvalue weighted by Crippen LogP contribution is 2.23. The first-order chi connectivity index (χ1) is 8.99. The normalized spacial score (nSPS) is 12.7. The molecule has 0 aliphatic carbocycles. The van der Waals surface area contributed by atoms with Gasteiger partial charge in [-0.3, -0.25) is 0 Å². The van der Waals surface area contributed by atoms with Crippen molar-refractivity contribution in [1.29, 1.82) is 0 Å². The molecule has 2 rings (SSSR count).